The Bertz CT molecular complexity index is 549. The summed E-state index contributed by atoms with van der Waals surface area (Å²) in [7, 11) is -4.18. The average Bonchev–Trinajstić information content (AvgIpc) is 2.34. The van der Waals surface area contributed by atoms with Crippen LogP contribution < -0.4 is 10.5 Å². The van der Waals surface area contributed by atoms with Gasteiger partial charge in [0, 0.05) is 6.54 Å². The molecule has 0 amide bonds. The van der Waals surface area contributed by atoms with Crippen molar-refractivity contribution < 1.29 is 22.3 Å². The predicted octanol–water partition coefficient (Wildman–Crippen LogP) is 0.986. The number of nitrogens with two attached hydrogens (primary N) is 1. The molecule has 1 rings (SSSR count). The molecule has 0 aromatic heterocycles. The van der Waals surface area contributed by atoms with E-state index in [1.165, 1.54) is 0 Å². The van der Waals surface area contributed by atoms with Crippen molar-refractivity contribution in [1.29, 1.82) is 0 Å². The van der Waals surface area contributed by atoms with Crippen LogP contribution in [-0.2, 0) is 10.0 Å². The standard InChI is InChI=1S/C11H16F2N2O3S/c1-2-3-7(16)6-15-19(17,18)9-5-4-8(12)11(14)10(9)13/h4-5,7,15-16H,2-3,6,14H2,1H3. The molecule has 19 heavy (non-hydrogen) atoms. The van der Waals surface area contributed by atoms with E-state index in [2.05, 4.69) is 4.72 Å². The van der Waals surface area contributed by atoms with Crippen molar-refractivity contribution in [2.75, 3.05) is 12.3 Å². The summed E-state index contributed by atoms with van der Waals surface area (Å²) in [5, 5.41) is 9.42. The van der Waals surface area contributed by atoms with Crippen LogP contribution in [0.1, 0.15) is 19.8 Å². The number of nitrogen functional groups attached to an aromatic ring is 1. The summed E-state index contributed by atoms with van der Waals surface area (Å²) in [5.74, 6) is -2.36. The maximum absolute atomic E-state index is 13.6. The van der Waals surface area contributed by atoms with Crippen molar-refractivity contribution in [1.82, 2.24) is 4.72 Å². The third-order valence-corrected chi connectivity index (χ3v) is 3.95. The molecule has 0 fully saturated rings. The van der Waals surface area contributed by atoms with E-state index in [1.54, 1.807) is 0 Å². The van der Waals surface area contributed by atoms with Gasteiger partial charge in [-0.1, -0.05) is 13.3 Å². The van der Waals surface area contributed by atoms with E-state index in [9.17, 15) is 22.3 Å². The zero-order valence-electron chi connectivity index (χ0n) is 10.4. The summed E-state index contributed by atoms with van der Waals surface area (Å²) in [6.45, 7) is 1.59. The lowest BCUT2D eigenvalue weighted by atomic mass is 10.2. The molecule has 0 saturated carbocycles. The largest absolute Gasteiger partial charge is 0.394 e. The van der Waals surface area contributed by atoms with Crippen molar-refractivity contribution in [3.63, 3.8) is 0 Å². The van der Waals surface area contributed by atoms with Crippen molar-refractivity contribution in [3.8, 4) is 0 Å². The second-order valence-electron chi connectivity index (χ2n) is 4.07. The highest BCUT2D eigenvalue weighted by Gasteiger charge is 2.23. The molecule has 1 unspecified atom stereocenters. The zero-order chi connectivity index (χ0) is 14.6. The van der Waals surface area contributed by atoms with E-state index >= 15 is 0 Å². The lowest BCUT2D eigenvalue weighted by molar-refractivity contribution is 0.167. The first-order chi connectivity index (χ1) is 8.79. The van der Waals surface area contributed by atoms with Gasteiger partial charge in [0.05, 0.1) is 6.10 Å². The molecule has 8 heteroatoms. The van der Waals surface area contributed by atoms with E-state index in [4.69, 9.17) is 5.73 Å². The van der Waals surface area contributed by atoms with E-state index in [-0.39, 0.29) is 6.54 Å². The summed E-state index contributed by atoms with van der Waals surface area (Å²) < 4.78 is 52.1. The van der Waals surface area contributed by atoms with Gasteiger partial charge in [0.1, 0.15) is 16.4 Å². The van der Waals surface area contributed by atoms with Crippen LogP contribution in [0.2, 0.25) is 0 Å². The number of aliphatic hydroxyl groups is 1. The minimum absolute atomic E-state index is 0.243. The molecule has 0 aliphatic carbocycles. The molecule has 1 aromatic rings. The third kappa shape index (κ3) is 3.85. The molecule has 0 aliphatic rings. The Morgan fingerprint density at radius 1 is 1.42 bits per heavy atom. The second-order valence-corrected chi connectivity index (χ2v) is 5.80. The van der Waals surface area contributed by atoms with Crippen LogP contribution in [0.4, 0.5) is 14.5 Å². The predicted molar refractivity (Wildman–Crippen MR) is 66.9 cm³/mol. The quantitative estimate of drug-likeness (QED) is 0.682. The first kappa shape index (κ1) is 15.8. The molecule has 1 atom stereocenters. The number of halogens is 2. The third-order valence-electron chi connectivity index (χ3n) is 2.51. The van der Waals surface area contributed by atoms with Crippen LogP contribution in [0.5, 0.6) is 0 Å². The van der Waals surface area contributed by atoms with Crippen LogP contribution in [0.15, 0.2) is 17.0 Å². The molecule has 0 spiro atoms. The Kier molecular flexibility index (Phi) is 5.21. The molecule has 108 valence electrons. The highest BCUT2D eigenvalue weighted by atomic mass is 32.2. The highest BCUT2D eigenvalue weighted by Crippen LogP contribution is 2.22. The van der Waals surface area contributed by atoms with Gasteiger partial charge in [-0.2, -0.15) is 0 Å². The van der Waals surface area contributed by atoms with Crippen molar-refractivity contribution in [2.45, 2.75) is 30.8 Å². The lowest BCUT2D eigenvalue weighted by Crippen LogP contribution is -2.32. The van der Waals surface area contributed by atoms with Crippen LogP contribution in [0.3, 0.4) is 0 Å². The van der Waals surface area contributed by atoms with Gasteiger partial charge in [0.15, 0.2) is 5.82 Å². The van der Waals surface area contributed by atoms with Gasteiger partial charge < -0.3 is 10.8 Å². The van der Waals surface area contributed by atoms with Gasteiger partial charge in [-0.05, 0) is 18.6 Å². The van der Waals surface area contributed by atoms with E-state index < -0.39 is 38.3 Å². The van der Waals surface area contributed by atoms with Gasteiger partial charge in [-0.25, -0.2) is 21.9 Å². The number of anilines is 1. The summed E-state index contributed by atoms with van der Waals surface area (Å²) in [6, 6.07) is 1.56. The average molecular weight is 294 g/mol. The van der Waals surface area contributed by atoms with Gasteiger partial charge >= 0.3 is 0 Å². The van der Waals surface area contributed by atoms with E-state index in [0.29, 0.717) is 12.8 Å². The number of benzene rings is 1. The summed E-state index contributed by atoms with van der Waals surface area (Å²) in [5.41, 5.74) is 4.24. The van der Waals surface area contributed by atoms with Crippen molar-refractivity contribution >= 4 is 15.7 Å². The summed E-state index contributed by atoms with van der Waals surface area (Å²) in [6.07, 6.45) is 0.234. The fourth-order valence-electron chi connectivity index (χ4n) is 1.48. The Balaban J connectivity index is 2.92. The molecule has 4 N–H and O–H groups in total. The first-order valence-electron chi connectivity index (χ1n) is 5.70. The number of hydrogen-bond donors (Lipinski definition) is 3. The Morgan fingerprint density at radius 2 is 2.05 bits per heavy atom. The Hall–Kier alpha value is -1.25. The first-order valence-corrected chi connectivity index (χ1v) is 7.19. The number of aliphatic hydroxyl groups excluding tert-OH is 1. The fraction of sp³-hybridized carbons (Fsp3) is 0.455. The molecular weight excluding hydrogens is 278 g/mol. The normalized spacial score (nSPS) is 13.5. The van der Waals surface area contributed by atoms with Crippen molar-refractivity contribution in [2.24, 2.45) is 0 Å². The molecule has 0 radical (unpaired) electrons. The molecule has 0 aliphatic heterocycles. The zero-order valence-corrected chi connectivity index (χ0v) is 11.2. The fourth-order valence-corrected chi connectivity index (χ4v) is 2.64. The van der Waals surface area contributed by atoms with Gasteiger partial charge in [-0.3, -0.25) is 0 Å². The van der Waals surface area contributed by atoms with E-state index in [0.717, 1.165) is 12.1 Å². The number of hydrogen-bond acceptors (Lipinski definition) is 4. The SMILES string of the molecule is CCCC(O)CNS(=O)(=O)c1ccc(F)c(N)c1F. The van der Waals surface area contributed by atoms with Crippen LogP contribution in [-0.4, -0.2) is 26.2 Å². The minimum atomic E-state index is -4.18. The van der Waals surface area contributed by atoms with Gasteiger partial charge in [-0.15, -0.1) is 0 Å². The minimum Gasteiger partial charge on any atom is -0.394 e. The maximum Gasteiger partial charge on any atom is 0.243 e. The van der Waals surface area contributed by atoms with Gasteiger partial charge in [0.2, 0.25) is 10.0 Å². The van der Waals surface area contributed by atoms with Crippen molar-refractivity contribution in [3.05, 3.63) is 23.8 Å². The molecule has 0 bridgehead atoms. The topological polar surface area (TPSA) is 92.4 Å². The molecular formula is C11H16F2N2O3S. The van der Waals surface area contributed by atoms with Gasteiger partial charge in [0.25, 0.3) is 0 Å². The molecule has 0 saturated heterocycles. The van der Waals surface area contributed by atoms with Crippen LogP contribution in [0, 0.1) is 11.6 Å². The summed E-state index contributed by atoms with van der Waals surface area (Å²) in [4.78, 5) is -0.741. The monoisotopic (exact) mass is 294 g/mol. The number of rotatable bonds is 6. The Morgan fingerprint density at radius 3 is 2.63 bits per heavy atom. The maximum atomic E-state index is 13.6. The lowest BCUT2D eigenvalue weighted by Gasteiger charge is -2.12. The molecule has 0 heterocycles. The molecule has 1 aromatic carbocycles. The smallest absolute Gasteiger partial charge is 0.243 e. The van der Waals surface area contributed by atoms with Crippen LogP contribution >= 0.6 is 0 Å². The number of sulfonamides is 1. The van der Waals surface area contributed by atoms with E-state index in [1.807, 2.05) is 6.92 Å². The molecule has 5 nitrogen and oxygen atoms in total. The number of nitrogens with one attached hydrogen (secondary N) is 1. The summed E-state index contributed by atoms with van der Waals surface area (Å²) >= 11 is 0. The Labute approximate surface area is 110 Å². The second kappa shape index (κ2) is 6.27. The van der Waals surface area contributed by atoms with Crippen LogP contribution in [0.25, 0.3) is 0 Å². The highest BCUT2D eigenvalue weighted by molar-refractivity contribution is 7.89.